The third-order valence-corrected chi connectivity index (χ3v) is 5.44. The van der Waals surface area contributed by atoms with Gasteiger partial charge in [0.15, 0.2) is 0 Å². The normalized spacial score (nSPS) is 12.8. The molecule has 152 valence electrons. The number of thioether (sulfide) groups is 1. The second kappa shape index (κ2) is 10.7. The molecule has 0 spiro atoms. The largest absolute Gasteiger partial charge is 0.354 e. The fraction of sp³-hybridized carbons (Fsp3) is 0.318. The Hall–Kier alpha value is -2.80. The van der Waals surface area contributed by atoms with E-state index in [0.717, 1.165) is 18.6 Å². The van der Waals surface area contributed by atoms with Crippen molar-refractivity contribution in [3.63, 3.8) is 0 Å². The molecule has 0 unspecified atom stereocenters. The third-order valence-electron chi connectivity index (χ3n) is 4.44. The summed E-state index contributed by atoms with van der Waals surface area (Å²) in [5.41, 5.74) is 2.40. The first-order valence-corrected chi connectivity index (χ1v) is 10.8. The monoisotopic (exact) mass is 411 g/mol. The van der Waals surface area contributed by atoms with Crippen LogP contribution in [0.3, 0.4) is 0 Å². The van der Waals surface area contributed by atoms with E-state index in [1.807, 2.05) is 30.3 Å². The maximum atomic E-state index is 12.2. The third kappa shape index (κ3) is 7.27. The summed E-state index contributed by atoms with van der Waals surface area (Å²) in [6, 6.07) is 16.8. The molecule has 0 radical (unpaired) electrons. The van der Waals surface area contributed by atoms with Crippen LogP contribution in [0, 0.1) is 5.92 Å². The van der Waals surface area contributed by atoms with Crippen molar-refractivity contribution in [1.29, 1.82) is 0 Å². The van der Waals surface area contributed by atoms with E-state index in [9.17, 15) is 14.4 Å². The van der Waals surface area contributed by atoms with E-state index in [1.165, 1.54) is 5.56 Å². The first kappa shape index (κ1) is 20.9. The molecule has 1 fully saturated rings. The fourth-order valence-electron chi connectivity index (χ4n) is 2.66. The maximum absolute atomic E-state index is 12.2. The zero-order valence-electron chi connectivity index (χ0n) is 16.1. The summed E-state index contributed by atoms with van der Waals surface area (Å²) >= 11 is 1.56. The molecule has 3 amide bonds. The van der Waals surface area contributed by atoms with E-state index in [1.54, 1.807) is 36.0 Å². The van der Waals surface area contributed by atoms with Gasteiger partial charge < -0.3 is 16.0 Å². The number of anilines is 1. The Morgan fingerprint density at radius 2 is 1.59 bits per heavy atom. The van der Waals surface area contributed by atoms with Gasteiger partial charge in [-0.1, -0.05) is 30.3 Å². The molecule has 1 aliphatic carbocycles. The molecule has 1 saturated carbocycles. The van der Waals surface area contributed by atoms with Gasteiger partial charge in [0.25, 0.3) is 5.91 Å². The van der Waals surface area contributed by atoms with Crippen molar-refractivity contribution in [2.24, 2.45) is 5.92 Å². The van der Waals surface area contributed by atoms with Crippen molar-refractivity contribution in [3.05, 3.63) is 65.7 Å². The quantitative estimate of drug-likeness (QED) is 0.525. The van der Waals surface area contributed by atoms with Crippen LogP contribution in [0.4, 0.5) is 5.69 Å². The van der Waals surface area contributed by atoms with Crippen LogP contribution in [0.25, 0.3) is 0 Å². The molecule has 7 heteroatoms. The van der Waals surface area contributed by atoms with E-state index in [2.05, 4.69) is 16.0 Å². The Morgan fingerprint density at radius 1 is 0.897 bits per heavy atom. The van der Waals surface area contributed by atoms with E-state index < -0.39 is 0 Å². The van der Waals surface area contributed by atoms with Gasteiger partial charge in [-0.2, -0.15) is 0 Å². The van der Waals surface area contributed by atoms with Crippen LogP contribution in [0.5, 0.6) is 0 Å². The minimum absolute atomic E-state index is 0.0416. The minimum atomic E-state index is -0.210. The average molecular weight is 412 g/mol. The first-order chi connectivity index (χ1) is 14.1. The van der Waals surface area contributed by atoms with Gasteiger partial charge >= 0.3 is 0 Å². The van der Waals surface area contributed by atoms with E-state index >= 15 is 0 Å². The van der Waals surface area contributed by atoms with Crippen molar-refractivity contribution in [3.8, 4) is 0 Å². The average Bonchev–Trinajstić information content (AvgIpc) is 3.58. The van der Waals surface area contributed by atoms with E-state index in [4.69, 9.17) is 0 Å². The van der Waals surface area contributed by atoms with Crippen LogP contribution in [-0.4, -0.2) is 36.6 Å². The molecule has 1 aliphatic rings. The van der Waals surface area contributed by atoms with Crippen LogP contribution in [-0.2, 0) is 15.3 Å². The van der Waals surface area contributed by atoms with Crippen LogP contribution in [0.1, 0.15) is 28.8 Å². The Kier molecular flexibility index (Phi) is 7.69. The number of benzene rings is 2. The summed E-state index contributed by atoms with van der Waals surface area (Å²) in [6.07, 6.45) is 1.91. The predicted molar refractivity (Wildman–Crippen MR) is 116 cm³/mol. The number of hydrogen-bond donors (Lipinski definition) is 3. The molecular weight excluding hydrogens is 386 g/mol. The van der Waals surface area contributed by atoms with Gasteiger partial charge in [-0.3, -0.25) is 14.4 Å². The van der Waals surface area contributed by atoms with Crippen LogP contribution < -0.4 is 16.0 Å². The Labute approximate surface area is 174 Å². The molecule has 2 aromatic rings. The second-order valence-electron chi connectivity index (χ2n) is 6.93. The summed E-state index contributed by atoms with van der Waals surface area (Å²) in [5, 5.41) is 8.42. The topological polar surface area (TPSA) is 87.3 Å². The van der Waals surface area contributed by atoms with Gasteiger partial charge in [-0.25, -0.2) is 0 Å². The van der Waals surface area contributed by atoms with Crippen molar-refractivity contribution in [2.75, 3.05) is 24.2 Å². The van der Waals surface area contributed by atoms with Gasteiger partial charge in [-0.15, -0.1) is 11.8 Å². The molecule has 29 heavy (non-hydrogen) atoms. The molecule has 0 atom stereocenters. The zero-order valence-corrected chi connectivity index (χ0v) is 17.0. The van der Waals surface area contributed by atoms with Crippen molar-refractivity contribution >= 4 is 35.2 Å². The van der Waals surface area contributed by atoms with Gasteiger partial charge in [0.1, 0.15) is 0 Å². The number of amides is 3. The highest BCUT2D eigenvalue weighted by Gasteiger charge is 2.29. The van der Waals surface area contributed by atoms with Crippen molar-refractivity contribution in [1.82, 2.24) is 10.6 Å². The molecule has 0 saturated heterocycles. The van der Waals surface area contributed by atoms with Gasteiger partial charge in [-0.05, 0) is 42.7 Å². The van der Waals surface area contributed by atoms with Gasteiger partial charge in [0, 0.05) is 36.0 Å². The molecule has 0 aliphatic heterocycles. The second-order valence-corrected chi connectivity index (χ2v) is 7.91. The van der Waals surface area contributed by atoms with Crippen LogP contribution in [0.2, 0.25) is 0 Å². The molecular formula is C22H25N3O3S. The lowest BCUT2D eigenvalue weighted by Gasteiger charge is -2.08. The van der Waals surface area contributed by atoms with Crippen LogP contribution >= 0.6 is 11.8 Å². The molecule has 2 aromatic carbocycles. The molecule has 0 aromatic heterocycles. The number of carbonyl (C=O) groups is 3. The predicted octanol–water partition coefficient (Wildman–Crippen LogP) is 2.81. The number of hydrogen-bond acceptors (Lipinski definition) is 4. The number of nitrogens with one attached hydrogen (secondary N) is 3. The molecule has 0 bridgehead atoms. The minimum Gasteiger partial charge on any atom is -0.354 e. The fourth-order valence-corrected chi connectivity index (χ4v) is 3.48. The summed E-state index contributed by atoms with van der Waals surface area (Å²) in [6.45, 7) is 0.736. The van der Waals surface area contributed by atoms with Gasteiger partial charge in [0.2, 0.25) is 11.8 Å². The maximum Gasteiger partial charge on any atom is 0.251 e. The van der Waals surface area contributed by atoms with Crippen molar-refractivity contribution in [2.45, 2.75) is 18.6 Å². The molecule has 3 rings (SSSR count). The van der Waals surface area contributed by atoms with E-state index in [-0.39, 0.29) is 23.6 Å². The standard InChI is InChI=1S/C22H25N3O3S/c26-20(15-29-14-16-4-2-1-3-5-16)23-12-13-24-21(27)17-8-10-19(11-9-17)25-22(28)18-6-7-18/h1-5,8-11,18H,6-7,12-15H2,(H,23,26)(H,24,27)(H,25,28). The lowest BCUT2D eigenvalue weighted by molar-refractivity contribution is -0.118. The Balaban J connectivity index is 1.29. The smallest absolute Gasteiger partial charge is 0.251 e. The molecule has 3 N–H and O–H groups in total. The summed E-state index contributed by atoms with van der Waals surface area (Å²) in [4.78, 5) is 35.7. The highest BCUT2D eigenvalue weighted by Crippen LogP contribution is 2.30. The summed E-state index contributed by atoms with van der Waals surface area (Å²) in [5.74, 6) is 1.11. The Bertz CT molecular complexity index is 836. The highest BCUT2D eigenvalue weighted by atomic mass is 32.2. The number of carbonyl (C=O) groups excluding carboxylic acids is 3. The van der Waals surface area contributed by atoms with Gasteiger partial charge in [0.05, 0.1) is 5.75 Å². The lowest BCUT2D eigenvalue weighted by atomic mass is 10.2. The van der Waals surface area contributed by atoms with Crippen molar-refractivity contribution < 1.29 is 14.4 Å². The summed E-state index contributed by atoms with van der Waals surface area (Å²) in [7, 11) is 0. The summed E-state index contributed by atoms with van der Waals surface area (Å²) < 4.78 is 0. The van der Waals surface area contributed by atoms with E-state index in [0.29, 0.717) is 30.1 Å². The SMILES string of the molecule is O=C(CSCc1ccccc1)NCCNC(=O)c1ccc(NC(=O)C2CC2)cc1. The molecule has 0 heterocycles. The Morgan fingerprint density at radius 3 is 2.28 bits per heavy atom. The zero-order chi connectivity index (χ0) is 20.5. The highest BCUT2D eigenvalue weighted by molar-refractivity contribution is 7.99. The first-order valence-electron chi connectivity index (χ1n) is 9.69. The number of rotatable bonds is 10. The molecule has 6 nitrogen and oxygen atoms in total. The van der Waals surface area contributed by atoms with Crippen LogP contribution in [0.15, 0.2) is 54.6 Å². The lowest BCUT2D eigenvalue weighted by Crippen LogP contribution is -2.35.